The molecule has 1 aromatic carbocycles. The van der Waals surface area contributed by atoms with Crippen LogP contribution in [0.2, 0.25) is 0 Å². The highest BCUT2D eigenvalue weighted by Crippen LogP contribution is 2.19. The Morgan fingerprint density at radius 1 is 1.40 bits per heavy atom. The lowest BCUT2D eigenvalue weighted by atomic mass is 10.1. The van der Waals surface area contributed by atoms with Gasteiger partial charge in [0.2, 0.25) is 0 Å². The van der Waals surface area contributed by atoms with Gasteiger partial charge in [0, 0.05) is 5.39 Å². The number of rotatable bonds is 4. The highest BCUT2D eigenvalue weighted by atomic mass is 16.5. The zero-order valence-electron chi connectivity index (χ0n) is 9.16. The number of aromatic amines is 1. The predicted molar refractivity (Wildman–Crippen MR) is 61.0 cm³/mol. The summed E-state index contributed by atoms with van der Waals surface area (Å²) in [5, 5.41) is 7.98. The zero-order chi connectivity index (χ0) is 10.7. The summed E-state index contributed by atoms with van der Waals surface area (Å²) in [6.07, 6.45) is 2.90. The monoisotopic (exact) mass is 204 g/mol. The summed E-state index contributed by atoms with van der Waals surface area (Å²) in [6, 6.07) is 5.98. The van der Waals surface area contributed by atoms with Gasteiger partial charge in [-0.3, -0.25) is 5.10 Å². The Kier molecular flexibility index (Phi) is 2.90. The number of hydrogen-bond acceptors (Lipinski definition) is 2. The van der Waals surface area contributed by atoms with Gasteiger partial charge in [-0.25, -0.2) is 0 Å². The topological polar surface area (TPSA) is 37.9 Å². The molecule has 2 rings (SSSR count). The van der Waals surface area contributed by atoms with Crippen molar-refractivity contribution in [1.29, 1.82) is 0 Å². The minimum atomic E-state index is 0.683. The molecule has 1 heterocycles. The molecule has 3 nitrogen and oxygen atoms in total. The summed E-state index contributed by atoms with van der Waals surface area (Å²) in [5.74, 6) is 1.60. The second-order valence-electron chi connectivity index (χ2n) is 4.15. The summed E-state index contributed by atoms with van der Waals surface area (Å²) in [6.45, 7) is 5.17. The molecule has 3 heteroatoms. The summed E-state index contributed by atoms with van der Waals surface area (Å²) >= 11 is 0. The van der Waals surface area contributed by atoms with E-state index in [4.69, 9.17) is 4.74 Å². The van der Waals surface area contributed by atoms with Gasteiger partial charge in [0.05, 0.1) is 18.3 Å². The largest absolute Gasteiger partial charge is 0.494 e. The maximum Gasteiger partial charge on any atom is 0.120 e. The quantitative estimate of drug-likeness (QED) is 0.831. The maximum atomic E-state index is 5.65. The van der Waals surface area contributed by atoms with Crippen LogP contribution in [0.25, 0.3) is 10.9 Å². The van der Waals surface area contributed by atoms with Crippen LogP contribution >= 0.6 is 0 Å². The molecular formula is C12H16N2O. The van der Waals surface area contributed by atoms with Crippen molar-refractivity contribution in [2.75, 3.05) is 6.61 Å². The molecule has 0 saturated carbocycles. The van der Waals surface area contributed by atoms with Crippen LogP contribution in [-0.4, -0.2) is 16.8 Å². The lowest BCUT2D eigenvalue weighted by Crippen LogP contribution is -2.00. The fourth-order valence-corrected chi connectivity index (χ4v) is 1.42. The van der Waals surface area contributed by atoms with Gasteiger partial charge in [0.25, 0.3) is 0 Å². The van der Waals surface area contributed by atoms with E-state index in [-0.39, 0.29) is 0 Å². The lowest BCUT2D eigenvalue weighted by Gasteiger charge is -2.07. The van der Waals surface area contributed by atoms with Crippen LogP contribution in [0.3, 0.4) is 0 Å². The van der Waals surface area contributed by atoms with E-state index in [1.807, 2.05) is 24.4 Å². The Balaban J connectivity index is 2.02. The van der Waals surface area contributed by atoms with E-state index in [0.717, 1.165) is 29.7 Å². The van der Waals surface area contributed by atoms with Crippen LogP contribution in [0.4, 0.5) is 0 Å². The van der Waals surface area contributed by atoms with Crippen LogP contribution in [-0.2, 0) is 0 Å². The van der Waals surface area contributed by atoms with Gasteiger partial charge >= 0.3 is 0 Å². The second kappa shape index (κ2) is 4.34. The molecule has 0 fully saturated rings. The Morgan fingerprint density at radius 2 is 2.27 bits per heavy atom. The van der Waals surface area contributed by atoms with E-state index in [9.17, 15) is 0 Å². The van der Waals surface area contributed by atoms with E-state index in [2.05, 4.69) is 24.0 Å². The Morgan fingerprint density at radius 3 is 3.07 bits per heavy atom. The van der Waals surface area contributed by atoms with Gasteiger partial charge in [-0.05, 0) is 30.5 Å². The molecular weight excluding hydrogens is 188 g/mol. The molecule has 0 unspecified atom stereocenters. The van der Waals surface area contributed by atoms with Crippen molar-refractivity contribution in [2.24, 2.45) is 5.92 Å². The van der Waals surface area contributed by atoms with Crippen LogP contribution in [0.5, 0.6) is 5.75 Å². The van der Waals surface area contributed by atoms with Crippen molar-refractivity contribution in [3.8, 4) is 5.75 Å². The van der Waals surface area contributed by atoms with E-state index < -0.39 is 0 Å². The smallest absolute Gasteiger partial charge is 0.120 e. The summed E-state index contributed by atoms with van der Waals surface area (Å²) in [7, 11) is 0. The van der Waals surface area contributed by atoms with E-state index in [0.29, 0.717) is 5.92 Å². The third-order valence-electron chi connectivity index (χ3n) is 2.38. The minimum absolute atomic E-state index is 0.683. The normalized spacial score (nSPS) is 11.1. The predicted octanol–water partition coefficient (Wildman–Crippen LogP) is 2.99. The van der Waals surface area contributed by atoms with Crippen molar-refractivity contribution in [1.82, 2.24) is 10.2 Å². The molecule has 1 N–H and O–H groups in total. The molecule has 0 aliphatic heterocycles. The molecule has 0 aliphatic rings. The van der Waals surface area contributed by atoms with Gasteiger partial charge in [-0.2, -0.15) is 5.10 Å². The average Bonchev–Trinajstić information content (AvgIpc) is 2.64. The second-order valence-corrected chi connectivity index (χ2v) is 4.15. The first-order valence-corrected chi connectivity index (χ1v) is 5.31. The van der Waals surface area contributed by atoms with Crippen LogP contribution in [0.1, 0.15) is 20.3 Å². The summed E-state index contributed by atoms with van der Waals surface area (Å²) in [4.78, 5) is 0. The number of fused-ring (bicyclic) bond motifs is 1. The number of benzene rings is 1. The molecule has 0 bridgehead atoms. The van der Waals surface area contributed by atoms with E-state index >= 15 is 0 Å². The molecule has 0 aliphatic carbocycles. The Hall–Kier alpha value is -1.51. The molecule has 0 radical (unpaired) electrons. The van der Waals surface area contributed by atoms with Gasteiger partial charge in [0.1, 0.15) is 5.75 Å². The third kappa shape index (κ3) is 2.49. The molecule has 2 aromatic rings. The summed E-state index contributed by atoms with van der Waals surface area (Å²) < 4.78 is 5.65. The van der Waals surface area contributed by atoms with Gasteiger partial charge in [-0.1, -0.05) is 13.8 Å². The number of nitrogens with zero attached hydrogens (tertiary/aromatic N) is 1. The SMILES string of the molecule is CC(C)CCOc1ccc2[nH]ncc2c1. The fourth-order valence-electron chi connectivity index (χ4n) is 1.42. The first-order chi connectivity index (χ1) is 7.25. The lowest BCUT2D eigenvalue weighted by molar-refractivity contribution is 0.290. The molecule has 0 amide bonds. The van der Waals surface area contributed by atoms with Gasteiger partial charge < -0.3 is 4.74 Å². The highest BCUT2D eigenvalue weighted by Gasteiger charge is 1.99. The third-order valence-corrected chi connectivity index (χ3v) is 2.38. The van der Waals surface area contributed by atoms with Crippen molar-refractivity contribution in [2.45, 2.75) is 20.3 Å². The Labute approximate surface area is 89.4 Å². The minimum Gasteiger partial charge on any atom is -0.494 e. The molecule has 0 atom stereocenters. The molecule has 1 aromatic heterocycles. The van der Waals surface area contributed by atoms with Crippen molar-refractivity contribution < 1.29 is 4.74 Å². The highest BCUT2D eigenvalue weighted by molar-refractivity contribution is 5.79. The van der Waals surface area contributed by atoms with Crippen LogP contribution in [0.15, 0.2) is 24.4 Å². The number of H-pyrrole nitrogens is 1. The fraction of sp³-hybridized carbons (Fsp3) is 0.417. The van der Waals surface area contributed by atoms with E-state index in [1.165, 1.54) is 0 Å². The Bertz CT molecular complexity index is 434. The molecule has 80 valence electrons. The first kappa shape index (κ1) is 10.0. The number of ether oxygens (including phenoxy) is 1. The molecule has 0 spiro atoms. The number of aromatic nitrogens is 2. The summed E-state index contributed by atoms with van der Waals surface area (Å²) in [5.41, 5.74) is 1.05. The van der Waals surface area contributed by atoms with Gasteiger partial charge in [0.15, 0.2) is 0 Å². The maximum absolute atomic E-state index is 5.65. The van der Waals surface area contributed by atoms with Crippen molar-refractivity contribution >= 4 is 10.9 Å². The standard InChI is InChI=1S/C12H16N2O/c1-9(2)5-6-15-11-3-4-12-10(7-11)8-13-14-12/h3-4,7-9H,5-6H2,1-2H3,(H,13,14). The van der Waals surface area contributed by atoms with Crippen molar-refractivity contribution in [3.63, 3.8) is 0 Å². The average molecular weight is 204 g/mol. The number of hydrogen-bond donors (Lipinski definition) is 1. The van der Waals surface area contributed by atoms with Gasteiger partial charge in [-0.15, -0.1) is 0 Å². The van der Waals surface area contributed by atoms with E-state index in [1.54, 1.807) is 0 Å². The van der Waals surface area contributed by atoms with Crippen molar-refractivity contribution in [3.05, 3.63) is 24.4 Å². The number of nitrogens with one attached hydrogen (secondary N) is 1. The van der Waals surface area contributed by atoms with Crippen LogP contribution < -0.4 is 4.74 Å². The first-order valence-electron chi connectivity index (χ1n) is 5.31. The van der Waals surface area contributed by atoms with Crippen LogP contribution in [0, 0.1) is 5.92 Å². The molecule has 15 heavy (non-hydrogen) atoms. The zero-order valence-corrected chi connectivity index (χ0v) is 9.16. The molecule has 0 saturated heterocycles.